The Morgan fingerprint density at radius 3 is 2.67 bits per heavy atom. The summed E-state index contributed by atoms with van der Waals surface area (Å²) in [6.45, 7) is 2.60. The predicted molar refractivity (Wildman–Crippen MR) is 61.4 cm³/mol. The second-order valence-electron chi connectivity index (χ2n) is 3.47. The number of nitrogen functional groups attached to an aromatic ring is 1. The van der Waals surface area contributed by atoms with Crippen LogP contribution in [0.4, 0.5) is 5.82 Å². The van der Waals surface area contributed by atoms with E-state index in [1.165, 1.54) is 0 Å². The molecule has 0 saturated carbocycles. The summed E-state index contributed by atoms with van der Waals surface area (Å²) in [5.41, 5.74) is 7.59. The number of aryl methyl sites for hydroxylation is 2. The van der Waals surface area contributed by atoms with Gasteiger partial charge in [0.2, 0.25) is 0 Å². The second kappa shape index (κ2) is 3.69. The van der Waals surface area contributed by atoms with Crippen molar-refractivity contribution in [1.29, 1.82) is 0 Å². The highest BCUT2D eigenvalue weighted by Gasteiger charge is 2.08. The Morgan fingerprint density at radius 2 is 2.20 bits per heavy atom. The highest BCUT2D eigenvalue weighted by atomic mass is 79.9. The molecule has 0 atom stereocenters. The molecule has 0 aromatic carbocycles. The van der Waals surface area contributed by atoms with Gasteiger partial charge in [-0.25, -0.2) is 0 Å². The van der Waals surface area contributed by atoms with E-state index in [0.717, 1.165) is 15.9 Å². The van der Waals surface area contributed by atoms with Crippen LogP contribution in [0.25, 0.3) is 0 Å². The molecule has 0 fully saturated rings. The molecule has 6 heteroatoms. The van der Waals surface area contributed by atoms with Crippen LogP contribution in [0.2, 0.25) is 0 Å². The number of nitrogens with zero attached hydrogens (tertiary/aromatic N) is 4. The number of aromatic nitrogens is 4. The minimum absolute atomic E-state index is 0.541. The van der Waals surface area contributed by atoms with Gasteiger partial charge in [-0.15, -0.1) is 0 Å². The lowest BCUT2D eigenvalue weighted by Gasteiger charge is -2.01. The fourth-order valence-electron chi connectivity index (χ4n) is 1.45. The molecule has 0 amide bonds. The van der Waals surface area contributed by atoms with Crippen LogP contribution >= 0.6 is 15.9 Å². The normalized spacial score (nSPS) is 10.9. The Kier molecular flexibility index (Phi) is 2.52. The van der Waals surface area contributed by atoms with E-state index in [-0.39, 0.29) is 0 Å². The summed E-state index contributed by atoms with van der Waals surface area (Å²) in [6, 6.07) is 1.84. The molecule has 0 aliphatic carbocycles. The molecule has 15 heavy (non-hydrogen) atoms. The molecule has 0 radical (unpaired) electrons. The summed E-state index contributed by atoms with van der Waals surface area (Å²) >= 11 is 3.45. The molecule has 0 unspecified atom stereocenters. The van der Waals surface area contributed by atoms with Crippen molar-refractivity contribution in [3.63, 3.8) is 0 Å². The summed E-state index contributed by atoms with van der Waals surface area (Å²) < 4.78 is 4.59. The van der Waals surface area contributed by atoms with E-state index in [0.29, 0.717) is 12.4 Å². The van der Waals surface area contributed by atoms with Crippen molar-refractivity contribution in [1.82, 2.24) is 19.6 Å². The van der Waals surface area contributed by atoms with Crippen LogP contribution in [0.3, 0.4) is 0 Å². The van der Waals surface area contributed by atoms with Crippen LogP contribution in [-0.2, 0) is 13.6 Å². The first-order valence-electron chi connectivity index (χ1n) is 4.54. The molecule has 2 heterocycles. The van der Waals surface area contributed by atoms with Crippen molar-refractivity contribution >= 4 is 21.7 Å². The first-order chi connectivity index (χ1) is 7.06. The Hall–Kier alpha value is -1.30. The second-order valence-corrected chi connectivity index (χ2v) is 4.32. The third kappa shape index (κ3) is 2.04. The number of anilines is 1. The topological polar surface area (TPSA) is 61.7 Å². The van der Waals surface area contributed by atoms with Crippen LogP contribution < -0.4 is 5.73 Å². The van der Waals surface area contributed by atoms with Gasteiger partial charge in [-0.05, 0) is 22.9 Å². The first kappa shape index (κ1) is 10.2. The Balaban J connectivity index is 2.29. The molecule has 5 nitrogen and oxygen atoms in total. The maximum Gasteiger partial charge on any atom is 0.145 e. The van der Waals surface area contributed by atoms with Crippen LogP contribution in [-0.4, -0.2) is 19.6 Å². The minimum Gasteiger partial charge on any atom is -0.382 e. The van der Waals surface area contributed by atoms with Gasteiger partial charge in [0.25, 0.3) is 0 Å². The van der Waals surface area contributed by atoms with Gasteiger partial charge in [-0.1, -0.05) is 0 Å². The van der Waals surface area contributed by atoms with Gasteiger partial charge in [0.15, 0.2) is 0 Å². The van der Waals surface area contributed by atoms with Crippen molar-refractivity contribution < 1.29 is 0 Å². The first-order valence-corrected chi connectivity index (χ1v) is 5.33. The van der Waals surface area contributed by atoms with Crippen molar-refractivity contribution in [3.05, 3.63) is 28.1 Å². The molecule has 2 rings (SSSR count). The monoisotopic (exact) mass is 269 g/mol. The molecule has 0 saturated heterocycles. The van der Waals surface area contributed by atoms with Gasteiger partial charge in [-0.2, -0.15) is 10.2 Å². The minimum atomic E-state index is 0.541. The fraction of sp³-hybridized carbons (Fsp3) is 0.333. The van der Waals surface area contributed by atoms with E-state index in [9.17, 15) is 0 Å². The maximum atomic E-state index is 5.61. The van der Waals surface area contributed by atoms with Crippen LogP contribution in [0, 0.1) is 6.92 Å². The highest BCUT2D eigenvalue weighted by molar-refractivity contribution is 9.10. The summed E-state index contributed by atoms with van der Waals surface area (Å²) in [4.78, 5) is 0. The van der Waals surface area contributed by atoms with E-state index >= 15 is 0 Å². The molecule has 0 bridgehead atoms. The Labute approximate surface area is 96.0 Å². The standard InChI is InChI=1S/C9H12BrN5/c1-6-3-9(11)13-15(6)5-8-7(10)4-14(2)12-8/h3-4H,5H2,1-2H3,(H2,11,13). The molecule has 2 N–H and O–H groups in total. The van der Waals surface area contributed by atoms with Gasteiger partial charge in [-0.3, -0.25) is 9.36 Å². The number of hydrogen-bond donors (Lipinski definition) is 1. The van der Waals surface area contributed by atoms with Crippen molar-refractivity contribution in [2.24, 2.45) is 7.05 Å². The Bertz CT molecular complexity index is 440. The molecule has 80 valence electrons. The van der Waals surface area contributed by atoms with E-state index in [1.54, 1.807) is 4.68 Å². The van der Waals surface area contributed by atoms with E-state index < -0.39 is 0 Å². The summed E-state index contributed by atoms with van der Waals surface area (Å²) in [6.07, 6.45) is 1.91. The average Bonchev–Trinajstić information content (AvgIpc) is 2.58. The number of rotatable bonds is 2. The van der Waals surface area contributed by atoms with Gasteiger partial charge in [0.05, 0.1) is 16.7 Å². The summed E-state index contributed by atoms with van der Waals surface area (Å²) in [5, 5.41) is 8.50. The van der Waals surface area contributed by atoms with E-state index in [2.05, 4.69) is 26.1 Å². The Morgan fingerprint density at radius 1 is 1.47 bits per heavy atom. The lowest BCUT2D eigenvalue weighted by Crippen LogP contribution is -2.05. The van der Waals surface area contributed by atoms with Crippen LogP contribution in [0.5, 0.6) is 0 Å². The SMILES string of the molecule is Cc1cc(N)nn1Cc1nn(C)cc1Br. The van der Waals surface area contributed by atoms with Crippen LogP contribution in [0.15, 0.2) is 16.7 Å². The smallest absolute Gasteiger partial charge is 0.145 e. The quantitative estimate of drug-likeness (QED) is 0.895. The highest BCUT2D eigenvalue weighted by Crippen LogP contribution is 2.16. The zero-order valence-corrected chi connectivity index (χ0v) is 10.2. The lowest BCUT2D eigenvalue weighted by atomic mass is 10.4. The predicted octanol–water partition coefficient (Wildman–Crippen LogP) is 1.32. The largest absolute Gasteiger partial charge is 0.382 e. The number of halogens is 1. The van der Waals surface area contributed by atoms with Crippen molar-refractivity contribution in [2.45, 2.75) is 13.5 Å². The van der Waals surface area contributed by atoms with Crippen molar-refractivity contribution in [2.75, 3.05) is 5.73 Å². The maximum absolute atomic E-state index is 5.61. The van der Waals surface area contributed by atoms with E-state index in [4.69, 9.17) is 5.73 Å². The molecule has 0 aliphatic heterocycles. The molecule has 0 aliphatic rings. The summed E-state index contributed by atoms with van der Waals surface area (Å²) in [5.74, 6) is 0.541. The molecule has 2 aromatic heterocycles. The van der Waals surface area contributed by atoms with E-state index in [1.807, 2.05) is 30.9 Å². The van der Waals surface area contributed by atoms with Gasteiger partial charge in [0, 0.05) is 25.0 Å². The molecule has 0 spiro atoms. The van der Waals surface area contributed by atoms with Gasteiger partial charge in [0.1, 0.15) is 5.82 Å². The third-order valence-corrected chi connectivity index (χ3v) is 2.82. The molecule has 2 aromatic rings. The molecular weight excluding hydrogens is 258 g/mol. The van der Waals surface area contributed by atoms with Crippen molar-refractivity contribution in [3.8, 4) is 0 Å². The number of hydrogen-bond acceptors (Lipinski definition) is 3. The zero-order chi connectivity index (χ0) is 11.0. The lowest BCUT2D eigenvalue weighted by molar-refractivity contribution is 0.636. The zero-order valence-electron chi connectivity index (χ0n) is 8.61. The van der Waals surface area contributed by atoms with Crippen LogP contribution in [0.1, 0.15) is 11.4 Å². The van der Waals surface area contributed by atoms with Gasteiger partial charge < -0.3 is 5.73 Å². The summed E-state index contributed by atoms with van der Waals surface area (Å²) in [7, 11) is 1.89. The average molecular weight is 270 g/mol. The number of nitrogens with two attached hydrogens (primary N) is 1. The third-order valence-electron chi connectivity index (χ3n) is 2.15. The van der Waals surface area contributed by atoms with Gasteiger partial charge >= 0.3 is 0 Å². The fourth-order valence-corrected chi connectivity index (χ4v) is 1.95. The molecular formula is C9H12BrN5.